The molecule has 0 spiro atoms. The van der Waals surface area contributed by atoms with Gasteiger partial charge in [-0.25, -0.2) is 4.79 Å². The van der Waals surface area contributed by atoms with Crippen LogP contribution in [-0.4, -0.2) is 17.0 Å². The highest BCUT2D eigenvalue weighted by molar-refractivity contribution is 6.34. The van der Waals surface area contributed by atoms with Gasteiger partial charge in [0.1, 0.15) is 11.5 Å². The van der Waals surface area contributed by atoms with E-state index in [1.807, 2.05) is 24.3 Å². The summed E-state index contributed by atoms with van der Waals surface area (Å²) in [6, 6.07) is 17.5. The van der Waals surface area contributed by atoms with Gasteiger partial charge in [-0.15, -0.1) is 0 Å². The lowest BCUT2D eigenvalue weighted by Crippen LogP contribution is -2.03. The molecule has 0 fully saturated rings. The highest BCUT2D eigenvalue weighted by atomic mass is 16.4. The summed E-state index contributed by atoms with van der Waals surface area (Å²) >= 11 is 0. The van der Waals surface area contributed by atoms with Crippen LogP contribution in [0.4, 0.5) is 5.69 Å². The third-order valence-electron chi connectivity index (χ3n) is 4.04. The topological polar surface area (TPSA) is 79.5 Å². The zero-order valence-electron chi connectivity index (χ0n) is 13.0. The summed E-state index contributed by atoms with van der Waals surface area (Å²) in [6.07, 6.45) is 1.70. The molecule has 1 aliphatic rings. The first-order valence-corrected chi connectivity index (χ1v) is 7.68. The van der Waals surface area contributed by atoms with Crippen LogP contribution in [-0.2, 0) is 4.79 Å². The van der Waals surface area contributed by atoms with Crippen molar-refractivity contribution in [1.29, 1.82) is 0 Å². The van der Waals surface area contributed by atoms with Gasteiger partial charge < -0.3 is 14.8 Å². The van der Waals surface area contributed by atoms with Crippen LogP contribution in [0.15, 0.2) is 65.1 Å². The number of amides is 1. The van der Waals surface area contributed by atoms with Gasteiger partial charge in [0.15, 0.2) is 0 Å². The van der Waals surface area contributed by atoms with Gasteiger partial charge in [0.05, 0.1) is 11.1 Å². The molecular weight excluding hydrogens is 318 g/mol. The van der Waals surface area contributed by atoms with Crippen LogP contribution in [0.5, 0.6) is 0 Å². The van der Waals surface area contributed by atoms with E-state index in [1.54, 1.807) is 30.3 Å². The number of hydrogen-bond acceptors (Lipinski definition) is 3. The fourth-order valence-corrected chi connectivity index (χ4v) is 2.79. The zero-order valence-corrected chi connectivity index (χ0v) is 13.0. The lowest BCUT2D eigenvalue weighted by atomic mass is 10.1. The van der Waals surface area contributed by atoms with Crippen molar-refractivity contribution < 1.29 is 19.1 Å². The van der Waals surface area contributed by atoms with Crippen LogP contribution in [0.25, 0.3) is 23.0 Å². The maximum absolute atomic E-state index is 12.1. The molecule has 0 saturated carbocycles. The molecule has 0 radical (unpaired) electrons. The molecule has 0 atom stereocenters. The molecule has 0 saturated heterocycles. The summed E-state index contributed by atoms with van der Waals surface area (Å²) in [6.45, 7) is 0. The van der Waals surface area contributed by atoms with E-state index in [0.717, 1.165) is 16.8 Å². The SMILES string of the molecule is O=C1Nc2ccccc2C1=Cc1ccc(-c2ccc(C(=O)O)cc2)o1. The van der Waals surface area contributed by atoms with Gasteiger partial charge in [-0.1, -0.05) is 30.3 Å². The summed E-state index contributed by atoms with van der Waals surface area (Å²) < 4.78 is 5.79. The Labute approximate surface area is 143 Å². The molecule has 3 aromatic rings. The second kappa shape index (κ2) is 5.79. The third-order valence-corrected chi connectivity index (χ3v) is 4.04. The number of carbonyl (C=O) groups excluding carboxylic acids is 1. The minimum absolute atomic E-state index is 0.162. The number of benzene rings is 2. The Kier molecular flexibility index (Phi) is 3.47. The number of fused-ring (bicyclic) bond motifs is 1. The van der Waals surface area contributed by atoms with Crippen molar-refractivity contribution in [2.75, 3.05) is 5.32 Å². The van der Waals surface area contributed by atoms with Crippen LogP contribution < -0.4 is 5.32 Å². The van der Waals surface area contributed by atoms with E-state index >= 15 is 0 Å². The van der Waals surface area contributed by atoms with Crippen LogP contribution in [0.2, 0.25) is 0 Å². The van der Waals surface area contributed by atoms with Crippen LogP contribution in [0.3, 0.4) is 0 Å². The first kappa shape index (κ1) is 15.0. The number of nitrogens with one attached hydrogen (secondary N) is 1. The predicted octanol–water partition coefficient (Wildman–Crippen LogP) is 4.14. The molecule has 25 heavy (non-hydrogen) atoms. The van der Waals surface area contributed by atoms with E-state index in [0.29, 0.717) is 17.1 Å². The quantitative estimate of drug-likeness (QED) is 0.707. The van der Waals surface area contributed by atoms with E-state index in [4.69, 9.17) is 9.52 Å². The van der Waals surface area contributed by atoms with E-state index in [9.17, 15) is 9.59 Å². The van der Waals surface area contributed by atoms with E-state index in [-0.39, 0.29) is 11.5 Å². The Morgan fingerprint density at radius 1 is 1.00 bits per heavy atom. The molecular formula is C20H13NO4. The van der Waals surface area contributed by atoms with Crippen molar-refractivity contribution in [2.24, 2.45) is 0 Å². The summed E-state index contributed by atoms with van der Waals surface area (Å²) in [4.78, 5) is 23.0. The Hall–Kier alpha value is -3.60. The molecule has 0 unspecified atom stereocenters. The Morgan fingerprint density at radius 2 is 1.76 bits per heavy atom. The average Bonchev–Trinajstić information content (AvgIpc) is 3.20. The largest absolute Gasteiger partial charge is 0.478 e. The summed E-state index contributed by atoms with van der Waals surface area (Å²) in [5, 5.41) is 11.8. The molecule has 1 amide bonds. The van der Waals surface area contributed by atoms with Gasteiger partial charge in [0.2, 0.25) is 0 Å². The average molecular weight is 331 g/mol. The summed E-state index contributed by atoms with van der Waals surface area (Å²) in [7, 11) is 0. The number of carboxylic acid groups (broad SMARTS) is 1. The van der Waals surface area contributed by atoms with Gasteiger partial charge >= 0.3 is 5.97 Å². The molecule has 5 heteroatoms. The molecule has 1 aromatic heterocycles. The Bertz CT molecular complexity index is 1010. The van der Waals surface area contributed by atoms with Crippen molar-refractivity contribution in [3.63, 3.8) is 0 Å². The molecule has 2 aromatic carbocycles. The number of carboxylic acids is 1. The maximum Gasteiger partial charge on any atom is 0.335 e. The van der Waals surface area contributed by atoms with Crippen molar-refractivity contribution >= 4 is 29.2 Å². The number of anilines is 1. The fourth-order valence-electron chi connectivity index (χ4n) is 2.79. The fraction of sp³-hybridized carbons (Fsp3) is 0. The normalized spacial score (nSPS) is 14.4. The molecule has 0 aliphatic carbocycles. The predicted molar refractivity (Wildman–Crippen MR) is 94.0 cm³/mol. The van der Waals surface area contributed by atoms with Crippen LogP contribution in [0, 0.1) is 0 Å². The van der Waals surface area contributed by atoms with Gasteiger partial charge in [-0.3, -0.25) is 4.79 Å². The number of aromatic carboxylic acids is 1. The molecule has 2 heterocycles. The lowest BCUT2D eigenvalue weighted by molar-refractivity contribution is -0.110. The van der Waals surface area contributed by atoms with Crippen molar-refractivity contribution in [2.45, 2.75) is 0 Å². The second-order valence-corrected chi connectivity index (χ2v) is 5.64. The zero-order chi connectivity index (χ0) is 17.4. The minimum Gasteiger partial charge on any atom is -0.478 e. The number of hydrogen-bond donors (Lipinski definition) is 2. The smallest absolute Gasteiger partial charge is 0.335 e. The number of furan rings is 1. The highest BCUT2D eigenvalue weighted by Crippen LogP contribution is 2.33. The van der Waals surface area contributed by atoms with E-state index in [2.05, 4.69) is 5.32 Å². The highest BCUT2D eigenvalue weighted by Gasteiger charge is 2.23. The maximum atomic E-state index is 12.1. The van der Waals surface area contributed by atoms with Crippen molar-refractivity contribution in [1.82, 2.24) is 0 Å². The summed E-state index contributed by atoms with van der Waals surface area (Å²) in [5.74, 6) is 0.0296. The standard InChI is InChI=1S/C20H13NO4/c22-19-16(15-3-1-2-4-17(15)21-19)11-14-9-10-18(25-14)12-5-7-13(8-6-12)20(23)24/h1-11H,(H,21,22)(H,23,24). The van der Waals surface area contributed by atoms with Crippen LogP contribution in [0.1, 0.15) is 21.7 Å². The van der Waals surface area contributed by atoms with Crippen LogP contribution >= 0.6 is 0 Å². The summed E-state index contributed by atoms with van der Waals surface area (Å²) in [5.41, 5.74) is 3.17. The van der Waals surface area contributed by atoms with Crippen molar-refractivity contribution in [3.8, 4) is 11.3 Å². The first-order chi connectivity index (χ1) is 12.1. The van der Waals surface area contributed by atoms with Gasteiger partial charge in [0.25, 0.3) is 5.91 Å². The van der Waals surface area contributed by atoms with Gasteiger partial charge in [-0.2, -0.15) is 0 Å². The molecule has 0 bridgehead atoms. The van der Waals surface area contributed by atoms with Crippen molar-refractivity contribution in [3.05, 3.63) is 77.6 Å². The molecule has 2 N–H and O–H groups in total. The number of rotatable bonds is 3. The van der Waals surface area contributed by atoms with Gasteiger partial charge in [-0.05, 0) is 36.4 Å². The minimum atomic E-state index is -0.970. The molecule has 1 aliphatic heterocycles. The third kappa shape index (κ3) is 2.72. The Balaban J connectivity index is 1.66. The Morgan fingerprint density at radius 3 is 2.52 bits per heavy atom. The molecule has 4 rings (SSSR count). The van der Waals surface area contributed by atoms with Gasteiger partial charge in [0, 0.05) is 16.8 Å². The second-order valence-electron chi connectivity index (χ2n) is 5.64. The van der Waals surface area contributed by atoms with E-state index < -0.39 is 5.97 Å². The lowest BCUT2D eigenvalue weighted by Gasteiger charge is -1.99. The monoisotopic (exact) mass is 331 g/mol. The first-order valence-electron chi connectivity index (χ1n) is 7.68. The molecule has 5 nitrogen and oxygen atoms in total. The number of para-hydroxylation sites is 1. The number of carbonyl (C=O) groups is 2. The van der Waals surface area contributed by atoms with E-state index in [1.165, 1.54) is 12.1 Å². The molecule has 122 valence electrons.